The highest BCUT2D eigenvalue weighted by atomic mass is 16.3. The van der Waals surface area contributed by atoms with Crippen molar-refractivity contribution in [3.63, 3.8) is 0 Å². The summed E-state index contributed by atoms with van der Waals surface area (Å²) >= 11 is 0. The van der Waals surface area contributed by atoms with Crippen molar-refractivity contribution in [3.05, 3.63) is 88.1 Å². The van der Waals surface area contributed by atoms with E-state index in [0.717, 1.165) is 47.0 Å². The Bertz CT molecular complexity index is 1230. The van der Waals surface area contributed by atoms with Crippen LogP contribution in [-0.4, -0.2) is 33.7 Å². The number of hydrogen-bond donors (Lipinski definition) is 1. The predicted molar refractivity (Wildman–Crippen MR) is 141 cm³/mol. The summed E-state index contributed by atoms with van der Waals surface area (Å²) in [7, 11) is 0. The average Bonchev–Trinajstić information content (AvgIpc) is 2.88. The second kappa shape index (κ2) is 8.62. The molecule has 4 heterocycles. The van der Waals surface area contributed by atoms with Crippen molar-refractivity contribution < 1.29 is 9.59 Å². The van der Waals surface area contributed by atoms with Gasteiger partial charge in [0.05, 0.1) is 18.6 Å². The van der Waals surface area contributed by atoms with Crippen molar-refractivity contribution in [2.24, 2.45) is 11.8 Å². The molecule has 2 bridgehead atoms. The number of aromatic nitrogens is 1. The maximum absolute atomic E-state index is 12.0. The van der Waals surface area contributed by atoms with Crippen LogP contribution in [0.25, 0.3) is 10.9 Å². The quantitative estimate of drug-likeness (QED) is 0.356. The van der Waals surface area contributed by atoms with Crippen LogP contribution in [0.3, 0.4) is 0 Å². The lowest BCUT2D eigenvalue weighted by Gasteiger charge is -2.58. The van der Waals surface area contributed by atoms with Crippen molar-refractivity contribution in [3.8, 4) is 0 Å². The Kier molecular flexibility index (Phi) is 5.90. The Morgan fingerprint density at radius 1 is 1.03 bits per heavy atom. The summed E-state index contributed by atoms with van der Waals surface area (Å²) in [6.45, 7) is 18.8. The maximum Gasteiger partial charge on any atom is 0.131 e. The Morgan fingerprint density at radius 2 is 1.71 bits per heavy atom. The smallest absolute Gasteiger partial charge is 0.131 e. The van der Waals surface area contributed by atoms with Gasteiger partial charge in [-0.2, -0.15) is 0 Å². The van der Waals surface area contributed by atoms with Gasteiger partial charge >= 0.3 is 0 Å². The molecule has 5 atom stereocenters. The van der Waals surface area contributed by atoms with Crippen molar-refractivity contribution in [1.82, 2.24) is 4.98 Å². The van der Waals surface area contributed by atoms with Crippen LogP contribution < -0.4 is 0 Å². The third-order valence-corrected chi connectivity index (χ3v) is 9.67. The molecule has 0 aliphatic carbocycles. The molecular weight excluding hydrogens is 416 g/mol. The summed E-state index contributed by atoms with van der Waals surface area (Å²) in [5, 5.41) is 13.1. The van der Waals surface area contributed by atoms with Gasteiger partial charge in [0.15, 0.2) is 0 Å². The molecule has 0 spiro atoms. The minimum atomic E-state index is -0.505. The lowest BCUT2D eigenvalue weighted by atomic mass is 9.70. The van der Waals surface area contributed by atoms with Gasteiger partial charge in [-0.3, -0.25) is 4.98 Å². The molecule has 1 N–H and O–H groups in total. The average molecular weight is 456 g/mol. The lowest BCUT2D eigenvalue weighted by molar-refractivity contribution is -0.985. The van der Waals surface area contributed by atoms with E-state index in [0.29, 0.717) is 11.8 Å². The fourth-order valence-electron chi connectivity index (χ4n) is 7.09. The third-order valence-electron chi connectivity index (χ3n) is 9.67. The Hall–Kier alpha value is -2.49. The number of fused-ring (bicyclic) bond motifs is 4. The first kappa shape index (κ1) is 23.3. The summed E-state index contributed by atoms with van der Waals surface area (Å²) < 4.78 is 0.953. The minimum absolute atomic E-state index is 0.182. The van der Waals surface area contributed by atoms with Gasteiger partial charge in [-0.15, -0.1) is 6.58 Å². The van der Waals surface area contributed by atoms with E-state index in [1.165, 1.54) is 39.8 Å². The van der Waals surface area contributed by atoms with Crippen LogP contribution in [0.15, 0.2) is 49.2 Å². The molecule has 3 saturated heterocycles. The van der Waals surface area contributed by atoms with E-state index in [-0.39, 0.29) is 6.04 Å². The van der Waals surface area contributed by atoms with Crippen molar-refractivity contribution in [2.45, 2.75) is 66.2 Å². The van der Waals surface area contributed by atoms with Crippen molar-refractivity contribution >= 4 is 10.9 Å². The minimum Gasteiger partial charge on any atom is -0.382 e. The van der Waals surface area contributed by atoms with E-state index >= 15 is 0 Å². The molecule has 3 aliphatic rings. The molecule has 1 aromatic heterocycles. The van der Waals surface area contributed by atoms with Crippen LogP contribution in [0.2, 0.25) is 0 Å². The summed E-state index contributed by atoms with van der Waals surface area (Å²) in [5.41, 5.74) is 10.6. The lowest BCUT2D eigenvalue weighted by Crippen LogP contribution is -2.67. The molecule has 0 amide bonds. The number of hydrogen-bond acceptors (Lipinski definition) is 2. The number of para-hydroxylation sites is 1. The van der Waals surface area contributed by atoms with E-state index in [4.69, 9.17) is 0 Å². The standard InChI is InChI=1S/C31H39N2O/c1-7-24-17-33(18-28-22(5)20(3)19(2)21(4)23(28)6)15-13-25(24)16-30(33)31(34)27-12-14-32-29-11-9-8-10-26(27)29/h7-12,14,24-25,30-31,34H,1,13,15-18H2,2-6H3/q+1/t24-,25-,30+,31-,33-/m0/s1. The van der Waals surface area contributed by atoms with Gasteiger partial charge in [0, 0.05) is 35.9 Å². The first-order valence-electron chi connectivity index (χ1n) is 12.8. The second-order valence-electron chi connectivity index (χ2n) is 11.0. The van der Waals surface area contributed by atoms with Crippen molar-refractivity contribution in [2.75, 3.05) is 13.1 Å². The van der Waals surface area contributed by atoms with Crippen molar-refractivity contribution in [1.29, 1.82) is 0 Å². The highest BCUT2D eigenvalue weighted by molar-refractivity contribution is 5.82. The fourth-order valence-corrected chi connectivity index (χ4v) is 7.09. The number of rotatable bonds is 5. The van der Waals surface area contributed by atoms with Gasteiger partial charge in [0.2, 0.25) is 0 Å². The van der Waals surface area contributed by atoms with E-state index in [1.54, 1.807) is 0 Å². The number of pyridine rings is 1. The summed E-state index contributed by atoms with van der Waals surface area (Å²) in [6.07, 6.45) is 5.81. The molecule has 2 aromatic carbocycles. The first-order valence-corrected chi connectivity index (χ1v) is 12.8. The van der Waals surface area contributed by atoms with Gasteiger partial charge in [-0.05, 0) is 86.1 Å². The SMILES string of the molecule is C=C[C@H]1C[N@+]2(Cc3c(C)c(C)c(C)c(C)c3C)CC[C@H]1C[C@@H]2[C@@H](O)c1ccnc2ccccc12. The zero-order chi connectivity index (χ0) is 24.2. The molecule has 34 heavy (non-hydrogen) atoms. The van der Waals surface area contributed by atoms with Gasteiger partial charge in [-0.25, -0.2) is 0 Å². The van der Waals surface area contributed by atoms with Crippen LogP contribution in [0.5, 0.6) is 0 Å². The summed E-state index contributed by atoms with van der Waals surface area (Å²) in [4.78, 5) is 4.55. The molecular formula is C31H39N2O+. The number of quaternary nitrogens is 1. The molecule has 0 radical (unpaired) electrons. The maximum atomic E-state index is 12.0. The van der Waals surface area contributed by atoms with E-state index in [1.807, 2.05) is 24.4 Å². The Labute approximate surface area is 204 Å². The third kappa shape index (κ3) is 3.52. The number of aliphatic hydroxyl groups excluding tert-OH is 1. The number of piperidine rings is 3. The molecule has 3 nitrogen and oxygen atoms in total. The topological polar surface area (TPSA) is 33.1 Å². The molecule has 0 saturated carbocycles. The molecule has 0 unspecified atom stereocenters. The van der Waals surface area contributed by atoms with Gasteiger partial charge in [0.1, 0.15) is 18.7 Å². The van der Waals surface area contributed by atoms with E-state index < -0.39 is 6.10 Å². The molecule has 3 heteroatoms. The van der Waals surface area contributed by atoms with Gasteiger partial charge in [-0.1, -0.05) is 24.3 Å². The molecule has 178 valence electrons. The highest BCUT2D eigenvalue weighted by Gasteiger charge is 2.54. The monoisotopic (exact) mass is 455 g/mol. The number of benzene rings is 2. The Balaban J connectivity index is 1.61. The fraction of sp³-hybridized carbons (Fsp3) is 0.452. The van der Waals surface area contributed by atoms with Crippen LogP contribution >= 0.6 is 0 Å². The molecule has 3 fully saturated rings. The summed E-state index contributed by atoms with van der Waals surface area (Å²) in [6, 6.07) is 10.4. The van der Waals surface area contributed by atoms with Crippen LogP contribution in [0.4, 0.5) is 0 Å². The highest BCUT2D eigenvalue weighted by Crippen LogP contribution is 2.48. The predicted octanol–water partition coefficient (Wildman–Crippen LogP) is 6.42. The van der Waals surface area contributed by atoms with Gasteiger partial charge in [0.25, 0.3) is 0 Å². The molecule has 3 aromatic rings. The number of aliphatic hydroxyl groups is 1. The molecule has 6 rings (SSSR count). The zero-order valence-corrected chi connectivity index (χ0v) is 21.4. The second-order valence-corrected chi connectivity index (χ2v) is 11.0. The first-order chi connectivity index (χ1) is 16.3. The Morgan fingerprint density at radius 3 is 2.41 bits per heavy atom. The van der Waals surface area contributed by atoms with Crippen LogP contribution in [-0.2, 0) is 6.54 Å². The number of nitrogens with zero attached hydrogens (tertiary/aromatic N) is 2. The normalized spacial score (nSPS) is 27.2. The van der Waals surface area contributed by atoms with Crippen LogP contribution in [0.1, 0.15) is 57.9 Å². The summed E-state index contributed by atoms with van der Waals surface area (Å²) in [5.74, 6) is 1.15. The van der Waals surface area contributed by atoms with Gasteiger partial charge < -0.3 is 9.59 Å². The zero-order valence-electron chi connectivity index (χ0n) is 21.4. The molecule has 3 aliphatic heterocycles. The van der Waals surface area contributed by atoms with E-state index in [9.17, 15) is 5.11 Å². The van der Waals surface area contributed by atoms with Crippen LogP contribution in [0, 0.1) is 46.5 Å². The van der Waals surface area contributed by atoms with E-state index in [2.05, 4.69) is 64.4 Å². The largest absolute Gasteiger partial charge is 0.382 e.